The fourth-order valence-electron chi connectivity index (χ4n) is 3.88. The van der Waals surface area contributed by atoms with Gasteiger partial charge in [-0.05, 0) is 38.9 Å². The van der Waals surface area contributed by atoms with E-state index in [0.29, 0.717) is 18.9 Å². The number of hydrogen-bond acceptors (Lipinski definition) is 6. The predicted octanol–water partition coefficient (Wildman–Crippen LogP) is 0.663. The first-order valence-corrected chi connectivity index (χ1v) is 9.65. The minimum absolute atomic E-state index is 0.229. The van der Waals surface area contributed by atoms with E-state index in [1.807, 2.05) is 4.90 Å². The van der Waals surface area contributed by atoms with Crippen LogP contribution < -0.4 is 0 Å². The average Bonchev–Trinajstić information content (AvgIpc) is 2.88. The van der Waals surface area contributed by atoms with Gasteiger partial charge in [-0.1, -0.05) is 0 Å². The van der Waals surface area contributed by atoms with Gasteiger partial charge in [-0.2, -0.15) is 0 Å². The first kappa shape index (κ1) is 19.2. The van der Waals surface area contributed by atoms with Crippen LogP contribution in [-0.4, -0.2) is 96.1 Å². The average molecular weight is 361 g/mol. The molecule has 2 saturated heterocycles. The monoisotopic (exact) mass is 361 g/mol. The zero-order chi connectivity index (χ0) is 18.4. The van der Waals surface area contributed by atoms with E-state index in [-0.39, 0.29) is 12.0 Å². The number of fused-ring (bicyclic) bond motifs is 1. The molecule has 0 bridgehead atoms. The number of likely N-dealkylation sites (tertiary alicyclic amines) is 1. The molecule has 0 saturated carbocycles. The van der Waals surface area contributed by atoms with Crippen molar-refractivity contribution in [1.82, 2.24) is 24.7 Å². The largest absolute Gasteiger partial charge is 0.375 e. The summed E-state index contributed by atoms with van der Waals surface area (Å²) in [7, 11) is 4.23. The van der Waals surface area contributed by atoms with Crippen LogP contribution >= 0.6 is 0 Å². The highest BCUT2D eigenvalue weighted by molar-refractivity contribution is 5.76. The molecule has 2 unspecified atom stereocenters. The third kappa shape index (κ3) is 5.22. The van der Waals surface area contributed by atoms with E-state index in [4.69, 9.17) is 4.74 Å². The van der Waals surface area contributed by atoms with Crippen molar-refractivity contribution in [1.29, 1.82) is 0 Å². The Kier molecular flexibility index (Phi) is 6.93. The Morgan fingerprint density at radius 1 is 1.23 bits per heavy atom. The summed E-state index contributed by atoms with van der Waals surface area (Å²) in [5.41, 5.74) is 1.02. The molecular formula is C19H31N5O2. The Morgan fingerprint density at radius 2 is 2.00 bits per heavy atom. The van der Waals surface area contributed by atoms with Crippen LogP contribution in [0.3, 0.4) is 0 Å². The van der Waals surface area contributed by atoms with Gasteiger partial charge in [0.25, 0.3) is 0 Å². The van der Waals surface area contributed by atoms with Gasteiger partial charge in [0, 0.05) is 57.6 Å². The number of carbonyl (C=O) groups is 1. The number of aryl methyl sites for hydroxylation is 1. The second-order valence-corrected chi connectivity index (χ2v) is 7.52. The van der Waals surface area contributed by atoms with Crippen LogP contribution in [0.2, 0.25) is 0 Å². The van der Waals surface area contributed by atoms with Crippen LogP contribution in [0.15, 0.2) is 18.7 Å². The highest BCUT2D eigenvalue weighted by atomic mass is 16.5. The molecule has 0 spiro atoms. The van der Waals surface area contributed by atoms with E-state index >= 15 is 0 Å². The Morgan fingerprint density at radius 3 is 2.77 bits per heavy atom. The van der Waals surface area contributed by atoms with Crippen LogP contribution in [-0.2, 0) is 16.0 Å². The summed E-state index contributed by atoms with van der Waals surface area (Å²) in [6.45, 7) is 5.55. The fourth-order valence-corrected chi connectivity index (χ4v) is 3.88. The summed E-state index contributed by atoms with van der Waals surface area (Å²) < 4.78 is 6.05. The molecule has 7 heteroatoms. The molecule has 2 fully saturated rings. The van der Waals surface area contributed by atoms with E-state index < -0.39 is 0 Å². The minimum atomic E-state index is 0.229. The lowest BCUT2D eigenvalue weighted by Crippen LogP contribution is -2.52. The van der Waals surface area contributed by atoms with Gasteiger partial charge < -0.3 is 14.5 Å². The van der Waals surface area contributed by atoms with Crippen molar-refractivity contribution in [2.45, 2.75) is 37.8 Å². The second kappa shape index (κ2) is 9.39. The Hall–Kier alpha value is -1.57. The number of carbonyl (C=O) groups excluding carboxylic acids is 1. The van der Waals surface area contributed by atoms with Gasteiger partial charge in [-0.25, -0.2) is 9.97 Å². The number of likely N-dealkylation sites (N-methyl/N-ethyl adjacent to an activating group) is 1. The van der Waals surface area contributed by atoms with Gasteiger partial charge >= 0.3 is 0 Å². The molecule has 2 aliphatic rings. The molecule has 144 valence electrons. The van der Waals surface area contributed by atoms with Crippen molar-refractivity contribution in [2.75, 3.05) is 53.4 Å². The summed E-state index contributed by atoms with van der Waals surface area (Å²) in [5.74, 6) is 0.229. The van der Waals surface area contributed by atoms with Crippen molar-refractivity contribution in [3.8, 4) is 0 Å². The van der Waals surface area contributed by atoms with E-state index in [1.54, 1.807) is 12.4 Å². The molecule has 26 heavy (non-hydrogen) atoms. The number of hydrogen-bond donors (Lipinski definition) is 0. The number of ether oxygens (including phenoxy) is 1. The molecule has 1 aromatic heterocycles. The van der Waals surface area contributed by atoms with E-state index in [0.717, 1.165) is 57.7 Å². The lowest BCUT2D eigenvalue weighted by atomic mass is 10.0. The smallest absolute Gasteiger partial charge is 0.222 e. The summed E-state index contributed by atoms with van der Waals surface area (Å²) in [6, 6.07) is 0.434. The second-order valence-electron chi connectivity index (χ2n) is 7.52. The topological polar surface area (TPSA) is 61.8 Å². The maximum absolute atomic E-state index is 12.7. The molecule has 0 radical (unpaired) electrons. The number of morpholine rings is 1. The normalized spacial score (nSPS) is 24.3. The maximum atomic E-state index is 12.7. The van der Waals surface area contributed by atoms with Crippen LogP contribution in [0, 0.1) is 0 Å². The van der Waals surface area contributed by atoms with Crippen LogP contribution in [0.1, 0.15) is 24.8 Å². The molecule has 3 heterocycles. The zero-order valence-electron chi connectivity index (χ0n) is 16.0. The molecule has 2 aliphatic heterocycles. The molecule has 7 nitrogen and oxygen atoms in total. The number of amides is 1. The molecule has 1 amide bonds. The standard InChI is InChI=1S/C19H31N5O2/c1-22(2)9-10-23-11-12-26-18-6-8-24(7-5-17(18)23)19(25)4-3-16-13-20-15-21-14-16/h13-15,17-18H,3-12H2,1-2H3. The third-order valence-electron chi connectivity index (χ3n) is 5.42. The SMILES string of the molecule is CN(C)CCN1CCOC2CCN(C(=O)CCc3cncnc3)CCC21. The van der Waals surface area contributed by atoms with Crippen molar-refractivity contribution in [2.24, 2.45) is 0 Å². The molecule has 0 aromatic carbocycles. The maximum Gasteiger partial charge on any atom is 0.222 e. The fraction of sp³-hybridized carbons (Fsp3) is 0.737. The molecule has 0 aliphatic carbocycles. The van der Waals surface area contributed by atoms with Crippen molar-refractivity contribution < 1.29 is 9.53 Å². The highest BCUT2D eigenvalue weighted by Gasteiger charge is 2.35. The summed E-state index contributed by atoms with van der Waals surface area (Å²) in [6.07, 6.45) is 8.50. The Labute approximate surface area is 156 Å². The van der Waals surface area contributed by atoms with Crippen molar-refractivity contribution >= 4 is 5.91 Å². The zero-order valence-corrected chi connectivity index (χ0v) is 16.0. The van der Waals surface area contributed by atoms with Gasteiger partial charge in [0.15, 0.2) is 0 Å². The first-order chi connectivity index (χ1) is 12.6. The van der Waals surface area contributed by atoms with Gasteiger partial charge in [0.2, 0.25) is 5.91 Å². The van der Waals surface area contributed by atoms with Gasteiger partial charge in [0.1, 0.15) is 6.33 Å². The molecule has 0 N–H and O–H groups in total. The number of rotatable bonds is 6. The summed E-state index contributed by atoms with van der Waals surface area (Å²) in [4.78, 5) is 27.5. The summed E-state index contributed by atoms with van der Waals surface area (Å²) in [5, 5.41) is 0. The van der Waals surface area contributed by atoms with Crippen LogP contribution in [0.4, 0.5) is 0 Å². The van der Waals surface area contributed by atoms with Gasteiger partial charge in [0.05, 0.1) is 12.7 Å². The molecule has 3 rings (SSSR count). The van der Waals surface area contributed by atoms with Crippen molar-refractivity contribution in [3.05, 3.63) is 24.3 Å². The van der Waals surface area contributed by atoms with Gasteiger partial charge in [-0.15, -0.1) is 0 Å². The highest BCUT2D eigenvalue weighted by Crippen LogP contribution is 2.24. The van der Waals surface area contributed by atoms with E-state index in [1.165, 1.54) is 6.33 Å². The summed E-state index contributed by atoms with van der Waals surface area (Å²) >= 11 is 0. The third-order valence-corrected chi connectivity index (χ3v) is 5.42. The molecular weight excluding hydrogens is 330 g/mol. The molecule has 2 atom stereocenters. The van der Waals surface area contributed by atoms with Crippen molar-refractivity contribution in [3.63, 3.8) is 0 Å². The Bertz CT molecular complexity index is 568. The van der Waals surface area contributed by atoms with E-state index in [9.17, 15) is 4.79 Å². The van der Waals surface area contributed by atoms with Gasteiger partial charge in [-0.3, -0.25) is 9.69 Å². The lowest BCUT2D eigenvalue weighted by Gasteiger charge is -2.40. The lowest BCUT2D eigenvalue weighted by molar-refractivity contribution is -0.131. The predicted molar refractivity (Wildman–Crippen MR) is 99.8 cm³/mol. The minimum Gasteiger partial charge on any atom is -0.375 e. The number of nitrogens with zero attached hydrogens (tertiary/aromatic N) is 5. The Balaban J connectivity index is 1.52. The van der Waals surface area contributed by atoms with Crippen LogP contribution in [0.5, 0.6) is 0 Å². The quantitative estimate of drug-likeness (QED) is 0.742. The first-order valence-electron chi connectivity index (χ1n) is 9.65. The van der Waals surface area contributed by atoms with Crippen LogP contribution in [0.25, 0.3) is 0 Å². The molecule has 1 aromatic rings. The number of aromatic nitrogens is 2. The van der Waals surface area contributed by atoms with E-state index in [2.05, 4.69) is 33.9 Å².